The number of nitro benzene ring substituents is 1. The van der Waals surface area contributed by atoms with Gasteiger partial charge in [0, 0.05) is 31.7 Å². The van der Waals surface area contributed by atoms with Gasteiger partial charge in [0.05, 0.1) is 23.5 Å². The van der Waals surface area contributed by atoms with E-state index in [9.17, 15) is 24.8 Å². The molecule has 0 unspecified atom stereocenters. The number of nitrogens with zero attached hydrogens (tertiary/aromatic N) is 2. The number of likely N-dealkylation sites (tertiary alicyclic amines) is 1. The number of carboxylic acids is 1. The third-order valence-electron chi connectivity index (χ3n) is 5.02. The van der Waals surface area contributed by atoms with Crippen LogP contribution in [0.5, 0.6) is 0 Å². The predicted molar refractivity (Wildman–Crippen MR) is 87.2 cm³/mol. The molecule has 9 heteroatoms. The van der Waals surface area contributed by atoms with E-state index in [1.807, 2.05) is 0 Å². The van der Waals surface area contributed by atoms with E-state index >= 15 is 0 Å². The highest BCUT2D eigenvalue weighted by Gasteiger charge is 2.54. The number of hydrogen-bond donors (Lipinski definition) is 2. The molecule has 3 rings (SSSR count). The van der Waals surface area contributed by atoms with E-state index in [1.165, 1.54) is 17.0 Å². The monoisotopic (exact) mass is 349 g/mol. The molecule has 9 nitrogen and oxygen atoms in total. The Morgan fingerprint density at radius 1 is 1.44 bits per heavy atom. The standard InChI is InChI=1S/C16H19N3O6/c20-14(7-17-12-3-1-2-4-13(12)19(23)24)18-8-11-9-25-6-5-16(11,10-18)15(21)22/h1-4,11,17H,5-10H2,(H,21,22)/t11-,16+/m0/s1. The Labute approximate surface area is 143 Å². The first kappa shape index (κ1) is 17.2. The molecule has 0 radical (unpaired) electrons. The van der Waals surface area contributed by atoms with Gasteiger partial charge in [-0.05, 0) is 12.5 Å². The summed E-state index contributed by atoms with van der Waals surface area (Å²) in [5, 5.41) is 23.4. The van der Waals surface area contributed by atoms with E-state index in [0.717, 1.165) is 0 Å². The first-order valence-corrected chi connectivity index (χ1v) is 8.00. The summed E-state index contributed by atoms with van der Waals surface area (Å²) in [5.74, 6) is -1.41. The van der Waals surface area contributed by atoms with E-state index in [2.05, 4.69) is 5.32 Å². The Morgan fingerprint density at radius 3 is 2.88 bits per heavy atom. The first-order valence-electron chi connectivity index (χ1n) is 8.00. The van der Waals surface area contributed by atoms with Gasteiger partial charge in [-0.1, -0.05) is 12.1 Å². The van der Waals surface area contributed by atoms with Gasteiger partial charge in [0.15, 0.2) is 0 Å². The Balaban J connectivity index is 1.67. The lowest BCUT2D eigenvalue weighted by Crippen LogP contribution is -2.45. The van der Waals surface area contributed by atoms with Crippen molar-refractivity contribution in [2.24, 2.45) is 11.3 Å². The van der Waals surface area contributed by atoms with Crippen molar-refractivity contribution >= 4 is 23.3 Å². The highest BCUT2D eigenvalue weighted by molar-refractivity contribution is 5.84. The molecular weight excluding hydrogens is 330 g/mol. The van der Waals surface area contributed by atoms with Crippen molar-refractivity contribution in [3.05, 3.63) is 34.4 Å². The van der Waals surface area contributed by atoms with Crippen LogP contribution in [0, 0.1) is 21.4 Å². The second-order valence-electron chi connectivity index (χ2n) is 6.39. The number of rotatable bonds is 5. The lowest BCUT2D eigenvalue weighted by atomic mass is 9.74. The molecule has 0 spiro atoms. The zero-order valence-electron chi connectivity index (χ0n) is 13.5. The lowest BCUT2D eigenvalue weighted by molar-refractivity contribution is -0.383. The third-order valence-corrected chi connectivity index (χ3v) is 5.02. The summed E-state index contributed by atoms with van der Waals surface area (Å²) >= 11 is 0. The SMILES string of the molecule is O=C(CNc1ccccc1[N+](=O)[O-])N1C[C@H]2COCC[C@@]2(C(=O)O)C1. The van der Waals surface area contributed by atoms with Crippen LogP contribution in [0.3, 0.4) is 0 Å². The van der Waals surface area contributed by atoms with Crippen LogP contribution in [0.15, 0.2) is 24.3 Å². The van der Waals surface area contributed by atoms with E-state index in [-0.39, 0.29) is 36.3 Å². The zero-order chi connectivity index (χ0) is 18.0. The number of benzene rings is 1. The van der Waals surface area contributed by atoms with Gasteiger partial charge >= 0.3 is 5.97 Å². The summed E-state index contributed by atoms with van der Waals surface area (Å²) in [4.78, 5) is 36.2. The van der Waals surface area contributed by atoms with E-state index in [1.54, 1.807) is 12.1 Å². The normalized spacial score (nSPS) is 25.3. The molecule has 2 aliphatic heterocycles. The molecule has 0 aliphatic carbocycles. The van der Waals surface area contributed by atoms with Crippen molar-refractivity contribution in [3.63, 3.8) is 0 Å². The van der Waals surface area contributed by atoms with Crippen LogP contribution in [-0.4, -0.2) is 59.7 Å². The number of nitro groups is 1. The maximum atomic E-state index is 12.5. The Kier molecular flexibility index (Phi) is 4.58. The Hall–Kier alpha value is -2.68. The fraction of sp³-hybridized carbons (Fsp3) is 0.500. The summed E-state index contributed by atoms with van der Waals surface area (Å²) in [7, 11) is 0. The zero-order valence-corrected chi connectivity index (χ0v) is 13.5. The van der Waals surface area contributed by atoms with Crippen LogP contribution < -0.4 is 5.32 Å². The number of carboxylic acid groups (broad SMARTS) is 1. The van der Waals surface area contributed by atoms with Gasteiger partial charge < -0.3 is 20.1 Å². The highest BCUT2D eigenvalue weighted by atomic mass is 16.6. The van der Waals surface area contributed by atoms with Crippen LogP contribution in [0.25, 0.3) is 0 Å². The second-order valence-corrected chi connectivity index (χ2v) is 6.39. The van der Waals surface area contributed by atoms with Gasteiger partial charge in [-0.15, -0.1) is 0 Å². The van der Waals surface area contributed by atoms with Crippen LogP contribution >= 0.6 is 0 Å². The van der Waals surface area contributed by atoms with Gasteiger partial charge in [-0.25, -0.2) is 0 Å². The molecule has 2 N–H and O–H groups in total. The fourth-order valence-corrected chi connectivity index (χ4v) is 3.55. The first-order chi connectivity index (χ1) is 11.9. The minimum absolute atomic E-state index is 0.110. The van der Waals surface area contributed by atoms with E-state index < -0.39 is 16.3 Å². The Morgan fingerprint density at radius 2 is 2.20 bits per heavy atom. The highest BCUT2D eigenvalue weighted by Crippen LogP contribution is 2.42. The van der Waals surface area contributed by atoms with Crippen LogP contribution in [0.2, 0.25) is 0 Å². The number of hydrogen-bond acceptors (Lipinski definition) is 6. The molecule has 25 heavy (non-hydrogen) atoms. The van der Waals surface area contributed by atoms with Crippen LogP contribution in [0.1, 0.15) is 6.42 Å². The molecule has 2 atom stereocenters. The summed E-state index contributed by atoms with van der Waals surface area (Å²) in [6.45, 7) is 1.04. The van der Waals surface area contributed by atoms with E-state index in [0.29, 0.717) is 26.2 Å². The number of nitrogens with one attached hydrogen (secondary N) is 1. The number of ether oxygens (including phenoxy) is 1. The molecule has 1 amide bonds. The largest absolute Gasteiger partial charge is 0.481 e. The molecule has 1 aromatic carbocycles. The number of fused-ring (bicyclic) bond motifs is 1. The predicted octanol–water partition coefficient (Wildman–Crippen LogP) is 0.956. The van der Waals surface area contributed by atoms with Crippen LogP contribution in [-0.2, 0) is 14.3 Å². The van der Waals surface area contributed by atoms with Gasteiger partial charge in [-0.2, -0.15) is 0 Å². The maximum absolute atomic E-state index is 12.5. The fourth-order valence-electron chi connectivity index (χ4n) is 3.55. The molecule has 2 fully saturated rings. The average molecular weight is 349 g/mol. The average Bonchev–Trinajstić information content (AvgIpc) is 3.01. The Bertz CT molecular complexity index is 709. The van der Waals surface area contributed by atoms with Crippen LogP contribution in [0.4, 0.5) is 11.4 Å². The minimum Gasteiger partial charge on any atom is -0.481 e. The maximum Gasteiger partial charge on any atom is 0.311 e. The molecule has 0 saturated carbocycles. The number of anilines is 1. The minimum atomic E-state index is -0.952. The van der Waals surface area contributed by atoms with Crippen molar-refractivity contribution in [2.75, 3.05) is 38.2 Å². The molecule has 2 aliphatic rings. The molecular formula is C16H19N3O6. The second kappa shape index (κ2) is 6.67. The van der Waals surface area contributed by atoms with Crippen molar-refractivity contribution in [1.82, 2.24) is 4.90 Å². The molecule has 2 saturated heterocycles. The van der Waals surface area contributed by atoms with Gasteiger partial charge in [0.25, 0.3) is 5.69 Å². The summed E-state index contributed by atoms with van der Waals surface area (Å²) in [5.41, 5.74) is -0.804. The quantitative estimate of drug-likeness (QED) is 0.599. The molecule has 0 aromatic heterocycles. The van der Waals surface area contributed by atoms with Crippen molar-refractivity contribution in [3.8, 4) is 0 Å². The summed E-state index contributed by atoms with van der Waals surface area (Å²) < 4.78 is 5.37. The molecule has 134 valence electrons. The van der Waals surface area contributed by atoms with Gasteiger partial charge in [0.2, 0.25) is 5.91 Å². The molecule has 1 aromatic rings. The van der Waals surface area contributed by atoms with Crippen molar-refractivity contribution in [1.29, 1.82) is 0 Å². The molecule has 0 bridgehead atoms. The lowest BCUT2D eigenvalue weighted by Gasteiger charge is -2.33. The van der Waals surface area contributed by atoms with E-state index in [4.69, 9.17) is 4.74 Å². The number of amides is 1. The summed E-state index contributed by atoms with van der Waals surface area (Å²) in [6, 6.07) is 6.07. The van der Waals surface area contributed by atoms with Gasteiger partial charge in [0.1, 0.15) is 5.69 Å². The topological polar surface area (TPSA) is 122 Å². The number of carbonyl (C=O) groups is 2. The molecule has 2 heterocycles. The number of para-hydroxylation sites is 2. The number of carbonyl (C=O) groups excluding carboxylic acids is 1. The number of aliphatic carboxylic acids is 1. The third kappa shape index (κ3) is 3.14. The van der Waals surface area contributed by atoms with Gasteiger partial charge in [-0.3, -0.25) is 19.7 Å². The van der Waals surface area contributed by atoms with Crippen molar-refractivity contribution in [2.45, 2.75) is 6.42 Å². The smallest absolute Gasteiger partial charge is 0.311 e. The van der Waals surface area contributed by atoms with Crippen molar-refractivity contribution < 1.29 is 24.4 Å². The summed E-state index contributed by atoms with van der Waals surface area (Å²) in [6.07, 6.45) is 0.383.